The van der Waals surface area contributed by atoms with Crippen LogP contribution in [0, 0.1) is 27.7 Å². The number of rotatable bonds is 11. The number of anilines is 2. The summed E-state index contributed by atoms with van der Waals surface area (Å²) in [6, 6.07) is 13.6. The van der Waals surface area contributed by atoms with E-state index < -0.39 is 6.04 Å². The third-order valence-corrected chi connectivity index (χ3v) is 13.0. The number of carbonyl (C=O) groups excluding carboxylic acids is 1. The molecular weight excluding hydrogens is 731 g/mol. The number of aliphatic hydroxyl groups excluding tert-OH is 1. The van der Waals surface area contributed by atoms with E-state index in [2.05, 4.69) is 40.1 Å². The topological polar surface area (TPSA) is 79.0 Å². The van der Waals surface area contributed by atoms with Gasteiger partial charge in [-0.2, -0.15) is 5.10 Å². The Morgan fingerprint density at radius 1 is 0.964 bits per heavy atom. The van der Waals surface area contributed by atoms with E-state index in [-0.39, 0.29) is 17.6 Å². The van der Waals surface area contributed by atoms with Crippen LogP contribution in [-0.4, -0.2) is 75.6 Å². The van der Waals surface area contributed by atoms with Crippen molar-refractivity contribution in [2.24, 2.45) is 7.05 Å². The maximum absolute atomic E-state index is 15.3. The molecule has 0 spiro atoms. The van der Waals surface area contributed by atoms with E-state index in [1.165, 1.54) is 12.8 Å². The minimum atomic E-state index is -0.433. The molecule has 0 radical (unpaired) electrons. The van der Waals surface area contributed by atoms with Crippen molar-refractivity contribution in [3.8, 4) is 16.9 Å². The molecule has 1 amide bonds. The van der Waals surface area contributed by atoms with E-state index >= 15 is 4.79 Å². The van der Waals surface area contributed by atoms with Crippen LogP contribution in [0.4, 0.5) is 11.4 Å². The van der Waals surface area contributed by atoms with Crippen LogP contribution < -0.4 is 14.5 Å². The molecule has 9 nitrogen and oxygen atoms in total. The number of amides is 1. The zero-order chi connectivity index (χ0) is 38.7. The number of carbonyl (C=O) groups is 1. The SMILES string of the molecule is C=C(O)c1ccc2c(c1)c(N1CCN3c4c(ccc(Cl)c4-c4c(C)nn(C)c4C)C(CCCOc4cc(C)c(Cl)c(C)c4)C3C1=O)cn2CCN1CCCC1. The number of halogens is 2. The Bertz CT molecular complexity index is 2300. The molecule has 3 aromatic carbocycles. The van der Waals surface area contributed by atoms with Crippen LogP contribution in [-0.2, 0) is 18.4 Å². The maximum Gasteiger partial charge on any atom is 0.250 e. The second kappa shape index (κ2) is 14.9. The number of piperazine rings is 1. The van der Waals surface area contributed by atoms with Crippen molar-refractivity contribution in [1.82, 2.24) is 19.2 Å². The molecule has 288 valence electrons. The molecule has 0 bridgehead atoms. The fourth-order valence-electron chi connectivity index (χ4n) is 9.27. The van der Waals surface area contributed by atoms with Gasteiger partial charge in [0, 0.05) is 78.1 Å². The summed E-state index contributed by atoms with van der Waals surface area (Å²) in [5.41, 5.74) is 10.6. The first-order valence-corrected chi connectivity index (χ1v) is 20.2. The molecular formula is C44H50Cl2N6O3. The Labute approximate surface area is 333 Å². The number of ether oxygens (including phenoxy) is 1. The summed E-state index contributed by atoms with van der Waals surface area (Å²) in [5.74, 6) is 0.783. The van der Waals surface area contributed by atoms with Gasteiger partial charge in [0.1, 0.15) is 17.6 Å². The molecule has 0 saturated carbocycles. The number of hydrogen-bond acceptors (Lipinski definition) is 6. The highest BCUT2D eigenvalue weighted by Crippen LogP contribution is 2.53. The third-order valence-electron chi connectivity index (χ3n) is 12.1. The summed E-state index contributed by atoms with van der Waals surface area (Å²) in [6.45, 7) is 17.6. The second-order valence-electron chi connectivity index (χ2n) is 15.6. The number of benzene rings is 3. The summed E-state index contributed by atoms with van der Waals surface area (Å²) in [6.07, 6.45) is 6.12. The normalized spacial score (nSPS) is 18.4. The van der Waals surface area contributed by atoms with Crippen LogP contribution in [0.1, 0.15) is 65.2 Å². The monoisotopic (exact) mass is 780 g/mol. The summed E-state index contributed by atoms with van der Waals surface area (Å²) >= 11 is 13.6. The lowest BCUT2D eigenvalue weighted by molar-refractivity contribution is -0.121. The lowest BCUT2D eigenvalue weighted by atomic mass is 9.87. The van der Waals surface area contributed by atoms with Crippen LogP contribution in [0.2, 0.25) is 10.0 Å². The smallest absolute Gasteiger partial charge is 0.250 e. The predicted octanol–water partition coefficient (Wildman–Crippen LogP) is 9.38. The minimum Gasteiger partial charge on any atom is -0.508 e. The van der Waals surface area contributed by atoms with Crippen molar-refractivity contribution in [3.63, 3.8) is 0 Å². The largest absolute Gasteiger partial charge is 0.508 e. The fourth-order valence-corrected chi connectivity index (χ4v) is 9.63. The van der Waals surface area contributed by atoms with Gasteiger partial charge < -0.3 is 29.1 Å². The van der Waals surface area contributed by atoms with Gasteiger partial charge in [-0.05, 0) is 120 Å². The van der Waals surface area contributed by atoms with Crippen LogP contribution >= 0.6 is 23.2 Å². The van der Waals surface area contributed by atoms with E-state index in [0.29, 0.717) is 30.3 Å². The van der Waals surface area contributed by atoms with Crippen LogP contribution in [0.25, 0.3) is 27.8 Å². The molecule has 5 aromatic rings. The first kappa shape index (κ1) is 37.5. The molecule has 8 rings (SSSR count). The van der Waals surface area contributed by atoms with Gasteiger partial charge in [-0.25, -0.2) is 0 Å². The average molecular weight is 782 g/mol. The molecule has 2 fully saturated rings. The van der Waals surface area contributed by atoms with Gasteiger partial charge in [0.05, 0.1) is 34.2 Å². The Hall–Kier alpha value is -4.44. The first-order valence-electron chi connectivity index (χ1n) is 19.5. The van der Waals surface area contributed by atoms with Crippen molar-refractivity contribution >= 4 is 57.1 Å². The van der Waals surface area contributed by atoms with E-state index in [9.17, 15) is 5.11 Å². The molecule has 2 saturated heterocycles. The lowest BCUT2D eigenvalue weighted by Gasteiger charge is -2.40. The molecule has 2 unspecified atom stereocenters. The van der Waals surface area contributed by atoms with Crippen LogP contribution in [0.15, 0.2) is 55.2 Å². The molecule has 11 heteroatoms. The van der Waals surface area contributed by atoms with Gasteiger partial charge in [0.2, 0.25) is 5.91 Å². The van der Waals surface area contributed by atoms with Gasteiger partial charge in [-0.3, -0.25) is 9.48 Å². The third kappa shape index (κ3) is 6.68. The molecule has 5 heterocycles. The van der Waals surface area contributed by atoms with Crippen molar-refractivity contribution in [3.05, 3.63) is 98.9 Å². The number of likely N-dealkylation sites (tertiary alicyclic amines) is 1. The number of aliphatic hydroxyl groups is 1. The second-order valence-corrected chi connectivity index (χ2v) is 16.3. The number of hydrogen-bond donors (Lipinski definition) is 1. The number of nitrogens with zero attached hydrogens (tertiary/aromatic N) is 6. The Balaban J connectivity index is 1.16. The average Bonchev–Trinajstić information content (AvgIpc) is 3.93. The molecule has 1 N–H and O–H groups in total. The van der Waals surface area contributed by atoms with E-state index in [4.69, 9.17) is 33.0 Å². The summed E-state index contributed by atoms with van der Waals surface area (Å²) in [7, 11) is 1.96. The quantitative estimate of drug-likeness (QED) is 0.106. The van der Waals surface area contributed by atoms with E-state index in [1.807, 2.05) is 73.8 Å². The summed E-state index contributed by atoms with van der Waals surface area (Å²) < 4.78 is 10.5. The summed E-state index contributed by atoms with van der Waals surface area (Å²) in [4.78, 5) is 22.1. The lowest BCUT2D eigenvalue weighted by Crippen LogP contribution is -2.57. The van der Waals surface area contributed by atoms with Gasteiger partial charge in [0.25, 0.3) is 0 Å². The van der Waals surface area contributed by atoms with Crippen LogP contribution in [0.3, 0.4) is 0 Å². The Kier molecular flexibility index (Phi) is 10.2. The Morgan fingerprint density at radius 3 is 2.40 bits per heavy atom. The standard InChI is InChI=1S/C44H50Cl2N6O3/c1-26-22-32(23-27(2)41(26)46)55-21-9-10-33-34-12-13-36(45)40(39-28(3)47-48(6)29(39)4)42(34)52-20-19-51(44(54)43(33)52)38-25-50(18-17-49-15-7-8-16-49)37-14-11-31(30(5)53)24-35(37)38/h11-14,22-25,33,43,53H,5,7-10,15-21H2,1-4,6H3. The van der Waals surface area contributed by atoms with E-state index in [1.54, 1.807) is 0 Å². The zero-order valence-corrected chi connectivity index (χ0v) is 34.0. The van der Waals surface area contributed by atoms with Gasteiger partial charge in [-0.1, -0.05) is 35.8 Å². The van der Waals surface area contributed by atoms with Gasteiger partial charge in [0.15, 0.2) is 0 Å². The maximum atomic E-state index is 15.3. The number of fused-ring (bicyclic) bond motifs is 4. The number of aryl methyl sites for hydroxylation is 4. The molecule has 55 heavy (non-hydrogen) atoms. The highest BCUT2D eigenvalue weighted by Gasteiger charge is 2.49. The minimum absolute atomic E-state index is 0.0108. The van der Waals surface area contributed by atoms with Crippen molar-refractivity contribution in [2.45, 2.75) is 71.9 Å². The van der Waals surface area contributed by atoms with Crippen molar-refractivity contribution in [2.75, 3.05) is 49.1 Å². The van der Waals surface area contributed by atoms with Gasteiger partial charge in [-0.15, -0.1) is 0 Å². The Morgan fingerprint density at radius 2 is 1.71 bits per heavy atom. The zero-order valence-electron chi connectivity index (χ0n) is 32.5. The molecule has 2 atom stereocenters. The van der Waals surface area contributed by atoms with Gasteiger partial charge >= 0.3 is 0 Å². The molecule has 3 aliphatic rings. The van der Waals surface area contributed by atoms with Crippen molar-refractivity contribution < 1.29 is 14.6 Å². The fraction of sp³-hybridized carbons (Fsp3) is 0.409. The first-order chi connectivity index (χ1) is 26.4. The van der Waals surface area contributed by atoms with Crippen LogP contribution in [0.5, 0.6) is 5.75 Å². The molecule has 2 aromatic heterocycles. The highest BCUT2D eigenvalue weighted by atomic mass is 35.5. The van der Waals surface area contributed by atoms with Crippen molar-refractivity contribution in [1.29, 1.82) is 0 Å². The molecule has 3 aliphatic heterocycles. The highest BCUT2D eigenvalue weighted by molar-refractivity contribution is 6.34. The van der Waals surface area contributed by atoms with E-state index in [0.717, 1.165) is 111 Å². The molecule has 0 aliphatic carbocycles. The predicted molar refractivity (Wildman–Crippen MR) is 224 cm³/mol. The number of aromatic nitrogens is 3. The summed E-state index contributed by atoms with van der Waals surface area (Å²) in [5, 5.41) is 17.5.